The first kappa shape index (κ1) is 19.1. The van der Waals surface area contributed by atoms with Crippen LogP contribution in [0.15, 0.2) is 59.3 Å². The standard InChI is InChI=1S/C18H12ClN3O6/c1-10(23)28-14-7-2-4-11(8-14)20-16-15(19)17(24)21(18(16)25)12-5-3-6-13(9-12)22(26)27/h2-9,20H,1H3. The summed E-state index contributed by atoms with van der Waals surface area (Å²) in [6.07, 6.45) is 0. The molecule has 9 nitrogen and oxygen atoms in total. The van der Waals surface area contributed by atoms with Crippen LogP contribution >= 0.6 is 11.6 Å². The lowest BCUT2D eigenvalue weighted by Crippen LogP contribution is -2.32. The van der Waals surface area contributed by atoms with Gasteiger partial charge in [0.15, 0.2) is 0 Å². The van der Waals surface area contributed by atoms with Gasteiger partial charge in [0, 0.05) is 30.8 Å². The number of esters is 1. The summed E-state index contributed by atoms with van der Waals surface area (Å²) in [5.74, 6) is -1.86. The lowest BCUT2D eigenvalue weighted by Gasteiger charge is -2.15. The van der Waals surface area contributed by atoms with Crippen LogP contribution in [0.4, 0.5) is 17.1 Å². The van der Waals surface area contributed by atoms with E-state index in [1.54, 1.807) is 18.2 Å². The summed E-state index contributed by atoms with van der Waals surface area (Å²) in [4.78, 5) is 47.3. The first-order chi connectivity index (χ1) is 13.3. The number of hydrogen-bond acceptors (Lipinski definition) is 7. The lowest BCUT2D eigenvalue weighted by atomic mass is 10.2. The second kappa shape index (κ2) is 7.49. The molecular weight excluding hydrogens is 390 g/mol. The van der Waals surface area contributed by atoms with E-state index < -0.39 is 22.7 Å². The summed E-state index contributed by atoms with van der Waals surface area (Å²) in [7, 11) is 0. The predicted octanol–water partition coefficient (Wildman–Crippen LogP) is 2.96. The van der Waals surface area contributed by atoms with E-state index in [1.165, 1.54) is 31.2 Å². The maximum Gasteiger partial charge on any atom is 0.308 e. The van der Waals surface area contributed by atoms with Crippen molar-refractivity contribution in [1.29, 1.82) is 0 Å². The molecule has 0 atom stereocenters. The number of nitro benzene ring substituents is 1. The molecule has 10 heteroatoms. The van der Waals surface area contributed by atoms with Gasteiger partial charge in [-0.15, -0.1) is 0 Å². The van der Waals surface area contributed by atoms with Gasteiger partial charge in [0.25, 0.3) is 17.5 Å². The van der Waals surface area contributed by atoms with Crippen molar-refractivity contribution >= 4 is 46.4 Å². The number of amides is 2. The van der Waals surface area contributed by atoms with Gasteiger partial charge in [-0.2, -0.15) is 0 Å². The van der Waals surface area contributed by atoms with Crippen molar-refractivity contribution in [3.8, 4) is 5.75 Å². The third kappa shape index (κ3) is 3.69. The second-order valence-corrected chi connectivity index (χ2v) is 6.04. The van der Waals surface area contributed by atoms with Crippen LogP contribution in [0.25, 0.3) is 0 Å². The van der Waals surface area contributed by atoms with Crippen molar-refractivity contribution in [2.75, 3.05) is 10.2 Å². The summed E-state index contributed by atoms with van der Waals surface area (Å²) in [5.41, 5.74) is -0.0929. The molecule has 2 aromatic carbocycles. The minimum atomic E-state index is -0.814. The van der Waals surface area contributed by atoms with Crippen molar-refractivity contribution in [3.63, 3.8) is 0 Å². The third-order valence-corrected chi connectivity index (χ3v) is 4.04. The van der Waals surface area contributed by atoms with Gasteiger partial charge < -0.3 is 10.1 Å². The van der Waals surface area contributed by atoms with Gasteiger partial charge in [-0.3, -0.25) is 24.5 Å². The Morgan fingerprint density at radius 2 is 1.86 bits per heavy atom. The number of nitro groups is 1. The number of nitrogens with zero attached hydrogens (tertiary/aromatic N) is 2. The minimum absolute atomic E-state index is 0.0211. The van der Waals surface area contributed by atoms with E-state index in [9.17, 15) is 24.5 Å². The fourth-order valence-electron chi connectivity index (χ4n) is 2.54. The number of carbonyl (C=O) groups is 3. The molecule has 0 fully saturated rings. The van der Waals surface area contributed by atoms with Gasteiger partial charge in [-0.1, -0.05) is 23.7 Å². The number of hydrogen-bond donors (Lipinski definition) is 1. The van der Waals surface area contributed by atoms with Gasteiger partial charge in [0.2, 0.25) is 0 Å². The number of rotatable bonds is 5. The SMILES string of the molecule is CC(=O)Oc1cccc(NC2=C(Cl)C(=O)N(c3cccc([N+](=O)[O-])c3)C2=O)c1. The Hall–Kier alpha value is -3.72. The maximum absolute atomic E-state index is 12.7. The highest BCUT2D eigenvalue weighted by Gasteiger charge is 2.39. The van der Waals surface area contributed by atoms with Crippen LogP contribution in [-0.4, -0.2) is 22.7 Å². The van der Waals surface area contributed by atoms with Crippen LogP contribution in [0.3, 0.4) is 0 Å². The van der Waals surface area contributed by atoms with Gasteiger partial charge in [0.1, 0.15) is 16.5 Å². The fourth-order valence-corrected chi connectivity index (χ4v) is 2.75. The monoisotopic (exact) mass is 401 g/mol. The number of ether oxygens (including phenoxy) is 1. The van der Waals surface area contributed by atoms with Crippen LogP contribution in [0.2, 0.25) is 0 Å². The van der Waals surface area contributed by atoms with E-state index in [0.717, 1.165) is 11.0 Å². The van der Waals surface area contributed by atoms with Crippen LogP contribution in [0.5, 0.6) is 5.75 Å². The largest absolute Gasteiger partial charge is 0.427 e. The minimum Gasteiger partial charge on any atom is -0.427 e. The van der Waals surface area contributed by atoms with Gasteiger partial charge in [0.05, 0.1) is 10.6 Å². The number of carbonyl (C=O) groups excluding carboxylic acids is 3. The molecule has 3 rings (SSSR count). The number of halogens is 1. The summed E-state index contributed by atoms with van der Waals surface area (Å²) < 4.78 is 4.97. The summed E-state index contributed by atoms with van der Waals surface area (Å²) in [5, 5.41) is 13.3. The summed E-state index contributed by atoms with van der Waals surface area (Å²) >= 11 is 6.03. The number of non-ortho nitro benzene ring substituents is 1. The molecule has 2 amide bonds. The van der Waals surface area contributed by atoms with Gasteiger partial charge in [-0.25, -0.2) is 4.90 Å². The molecule has 1 N–H and O–H groups in total. The molecule has 2 aromatic rings. The van der Waals surface area contributed by atoms with Crippen LogP contribution in [-0.2, 0) is 14.4 Å². The first-order valence-corrected chi connectivity index (χ1v) is 8.24. The molecule has 1 aliphatic heterocycles. The molecule has 28 heavy (non-hydrogen) atoms. The number of imide groups is 1. The van der Waals surface area contributed by atoms with Crippen molar-refractivity contribution in [2.45, 2.75) is 6.92 Å². The molecule has 142 valence electrons. The highest BCUT2D eigenvalue weighted by Crippen LogP contribution is 2.32. The van der Waals surface area contributed by atoms with Crippen molar-refractivity contribution in [1.82, 2.24) is 0 Å². The highest BCUT2D eigenvalue weighted by molar-refractivity contribution is 6.53. The van der Waals surface area contributed by atoms with E-state index in [2.05, 4.69) is 5.32 Å². The predicted molar refractivity (Wildman–Crippen MR) is 99.8 cm³/mol. The zero-order valence-electron chi connectivity index (χ0n) is 14.3. The van der Waals surface area contributed by atoms with Crippen LogP contribution < -0.4 is 15.0 Å². The molecule has 0 saturated heterocycles. The Morgan fingerprint density at radius 1 is 1.14 bits per heavy atom. The Morgan fingerprint density at radius 3 is 2.54 bits per heavy atom. The molecule has 1 aliphatic rings. The van der Waals surface area contributed by atoms with E-state index in [0.29, 0.717) is 5.69 Å². The fraction of sp³-hybridized carbons (Fsp3) is 0.0556. The topological polar surface area (TPSA) is 119 Å². The highest BCUT2D eigenvalue weighted by atomic mass is 35.5. The Balaban J connectivity index is 1.89. The second-order valence-electron chi connectivity index (χ2n) is 5.66. The van der Waals surface area contributed by atoms with E-state index >= 15 is 0 Å². The molecule has 1 heterocycles. The molecule has 0 radical (unpaired) electrons. The quantitative estimate of drug-likeness (QED) is 0.269. The smallest absolute Gasteiger partial charge is 0.308 e. The maximum atomic E-state index is 12.7. The lowest BCUT2D eigenvalue weighted by molar-refractivity contribution is -0.384. The zero-order valence-corrected chi connectivity index (χ0v) is 15.1. The summed E-state index contributed by atoms with van der Waals surface area (Å²) in [6, 6.07) is 11.2. The van der Waals surface area contributed by atoms with Gasteiger partial charge in [-0.05, 0) is 18.2 Å². The molecule has 0 saturated carbocycles. The molecule has 0 spiro atoms. The first-order valence-electron chi connectivity index (χ1n) is 7.86. The Kier molecular flexibility index (Phi) is 5.10. The molecular formula is C18H12ClN3O6. The number of benzene rings is 2. The van der Waals surface area contributed by atoms with Crippen molar-refractivity contribution < 1.29 is 24.0 Å². The third-order valence-electron chi connectivity index (χ3n) is 3.69. The molecule has 0 aromatic heterocycles. The molecule has 0 aliphatic carbocycles. The average molecular weight is 402 g/mol. The molecule has 0 unspecified atom stereocenters. The van der Waals surface area contributed by atoms with E-state index in [-0.39, 0.29) is 27.9 Å². The molecule has 0 bridgehead atoms. The zero-order chi connectivity index (χ0) is 20.4. The average Bonchev–Trinajstić information content (AvgIpc) is 2.85. The Labute approximate surface area is 163 Å². The van der Waals surface area contributed by atoms with Crippen molar-refractivity contribution in [3.05, 3.63) is 69.4 Å². The van der Waals surface area contributed by atoms with E-state index in [4.69, 9.17) is 16.3 Å². The van der Waals surface area contributed by atoms with Crippen LogP contribution in [0, 0.1) is 10.1 Å². The van der Waals surface area contributed by atoms with Crippen molar-refractivity contribution in [2.24, 2.45) is 0 Å². The van der Waals surface area contributed by atoms with Gasteiger partial charge >= 0.3 is 5.97 Å². The Bertz CT molecular complexity index is 1050. The van der Waals surface area contributed by atoms with Crippen LogP contribution in [0.1, 0.15) is 6.92 Å². The normalized spacial score (nSPS) is 13.7. The number of anilines is 2. The summed E-state index contributed by atoms with van der Waals surface area (Å²) in [6.45, 7) is 1.25. The van der Waals surface area contributed by atoms with E-state index in [1.807, 2.05) is 0 Å². The number of nitrogens with one attached hydrogen (secondary N) is 1.